The van der Waals surface area contributed by atoms with Gasteiger partial charge in [-0.05, 0) is 78.3 Å². The number of nitriles is 2. The number of allylic oxidation sites excluding steroid dienone is 6. The monoisotopic (exact) mass is 784 g/mol. The Morgan fingerprint density at radius 1 is 0.698 bits per heavy atom. The van der Waals surface area contributed by atoms with Crippen molar-refractivity contribution < 1.29 is 9.47 Å². The van der Waals surface area contributed by atoms with Crippen LogP contribution in [0.3, 0.4) is 0 Å². The van der Waals surface area contributed by atoms with Gasteiger partial charge in [-0.15, -0.1) is 56.7 Å². The second kappa shape index (κ2) is 13.1. The Bertz CT molecular complexity index is 2630. The topological polar surface area (TPSA) is 74.8 Å². The highest BCUT2D eigenvalue weighted by molar-refractivity contribution is 7.40. The number of methoxy groups -OCH3 is 2. The first kappa shape index (κ1) is 34.3. The van der Waals surface area contributed by atoms with Crippen LogP contribution in [-0.4, -0.2) is 14.2 Å². The first-order valence-electron chi connectivity index (χ1n) is 17.7. The molecule has 2 saturated carbocycles. The highest BCUT2D eigenvalue weighted by Gasteiger charge is 2.57. The van der Waals surface area contributed by atoms with Gasteiger partial charge in [-0.3, -0.25) is 0 Å². The molecule has 6 nitrogen and oxygen atoms in total. The van der Waals surface area contributed by atoms with Crippen molar-refractivity contribution >= 4 is 98.8 Å². The minimum atomic E-state index is -0.0885. The normalized spacial score (nSPS) is 18.9. The molecule has 0 bridgehead atoms. The summed E-state index contributed by atoms with van der Waals surface area (Å²) in [5.74, 6) is 1.60. The molecule has 5 heterocycles. The second-order valence-electron chi connectivity index (χ2n) is 14.1. The molecule has 0 radical (unpaired) electrons. The number of ether oxygens (including phenoxy) is 2. The number of nitrogens with zero attached hydrogens (tertiary/aromatic N) is 4. The molecule has 9 rings (SSSR count). The Morgan fingerprint density at radius 2 is 1.28 bits per heavy atom. The Hall–Kier alpha value is -4.46. The van der Waals surface area contributed by atoms with Crippen LogP contribution in [0.25, 0.3) is 61.5 Å². The van der Waals surface area contributed by atoms with Crippen molar-refractivity contribution in [2.75, 3.05) is 14.2 Å². The number of rotatable bonds is 6. The summed E-state index contributed by atoms with van der Waals surface area (Å²) in [7, 11) is 3.41. The van der Waals surface area contributed by atoms with Crippen molar-refractivity contribution in [3.8, 4) is 33.4 Å². The van der Waals surface area contributed by atoms with Crippen LogP contribution in [0.4, 0.5) is 0 Å². The van der Waals surface area contributed by atoms with Crippen LogP contribution in [0, 0.1) is 41.2 Å². The van der Waals surface area contributed by atoms with Crippen LogP contribution in [0.5, 0.6) is 11.5 Å². The fraction of sp³-hybridized carbons (Fsp3) is 0.333. The summed E-state index contributed by atoms with van der Waals surface area (Å²) < 4.78 is 17.4. The molecule has 2 spiro atoms. The molecule has 2 fully saturated rings. The van der Waals surface area contributed by atoms with Gasteiger partial charge in [0.25, 0.3) is 11.4 Å². The number of hydrogen-bond acceptors (Lipinski definition) is 9. The zero-order valence-corrected chi connectivity index (χ0v) is 33.3. The molecule has 5 aromatic rings. The molecule has 53 heavy (non-hydrogen) atoms. The molecule has 0 N–H and O–H groups in total. The Balaban J connectivity index is 1.21. The van der Waals surface area contributed by atoms with Gasteiger partial charge in [-0.25, -0.2) is 20.2 Å². The average molecular weight is 785 g/mol. The van der Waals surface area contributed by atoms with E-state index >= 15 is 0 Å². The fourth-order valence-corrected chi connectivity index (χ4v) is 16.3. The predicted octanol–water partition coefficient (Wildman–Crippen LogP) is 13.6. The number of thiophene rings is 5. The standard InChI is InChI=1S/C42H32N4O2S5/c1-45-23(21-43)15-25-17-29(47-3)35(49-25)28-19-27-33(42(28)13-9-6-10-14-42)38-34(41(27)11-7-5-8-12-41)39-40(53-38)37-32(52-39)20-31(51-37)36-30(48-4)18-26(50-36)16-24(22-44)46-2/h15-20H,5-14H2,3-4H3/b23-15+,24-16-. The summed E-state index contributed by atoms with van der Waals surface area (Å²) >= 11 is 9.02. The van der Waals surface area contributed by atoms with E-state index in [0.29, 0.717) is 0 Å². The van der Waals surface area contributed by atoms with Gasteiger partial charge in [-0.2, -0.15) is 0 Å². The summed E-state index contributed by atoms with van der Waals surface area (Å²) in [5.41, 5.74) is 6.19. The highest BCUT2D eigenvalue weighted by atomic mass is 32.1. The Morgan fingerprint density at radius 3 is 1.87 bits per heavy atom. The molecule has 0 saturated heterocycles. The predicted molar refractivity (Wildman–Crippen MR) is 221 cm³/mol. The lowest BCUT2D eigenvalue weighted by atomic mass is 9.66. The van der Waals surface area contributed by atoms with E-state index in [2.05, 4.69) is 21.8 Å². The van der Waals surface area contributed by atoms with Gasteiger partial charge in [0, 0.05) is 30.2 Å². The van der Waals surface area contributed by atoms with Gasteiger partial charge >= 0.3 is 0 Å². The minimum absolute atomic E-state index is 0.00797. The van der Waals surface area contributed by atoms with Crippen molar-refractivity contribution in [2.45, 2.75) is 69.6 Å². The van der Waals surface area contributed by atoms with Gasteiger partial charge in [0.15, 0.2) is 0 Å². The lowest BCUT2D eigenvalue weighted by molar-refractivity contribution is 0.347. The third-order valence-corrected chi connectivity index (χ3v) is 17.8. The molecule has 0 aliphatic heterocycles. The molecular formula is C42H32N4O2S5. The van der Waals surface area contributed by atoms with Gasteiger partial charge in [0.1, 0.15) is 11.5 Å². The smallest absolute Gasteiger partial charge is 0.263 e. The summed E-state index contributed by atoms with van der Waals surface area (Å²) in [6.45, 7) is 14.8. The molecule has 11 heteroatoms. The van der Waals surface area contributed by atoms with E-state index in [9.17, 15) is 10.5 Å². The van der Waals surface area contributed by atoms with E-state index in [-0.39, 0.29) is 22.2 Å². The minimum Gasteiger partial charge on any atom is -0.495 e. The van der Waals surface area contributed by atoms with Crippen molar-refractivity contribution in [3.63, 3.8) is 0 Å². The highest BCUT2D eigenvalue weighted by Crippen LogP contribution is 2.72. The van der Waals surface area contributed by atoms with Gasteiger partial charge in [0.2, 0.25) is 0 Å². The van der Waals surface area contributed by atoms with Crippen molar-refractivity contribution in [3.05, 3.63) is 89.1 Å². The Labute approximate surface area is 328 Å². The first-order valence-corrected chi connectivity index (χ1v) is 21.8. The van der Waals surface area contributed by atoms with E-state index in [1.54, 1.807) is 65.8 Å². The lowest BCUT2D eigenvalue weighted by Crippen LogP contribution is -2.28. The van der Waals surface area contributed by atoms with E-state index in [1.165, 1.54) is 80.6 Å². The SMILES string of the molecule is [C-]#[N+]/C(C#N)=C\c1cc(OC)c(-c2cc3sc4c5c(sc4c3s2)C2=C(C=C(c3sc(/C=C(\C#N)[N+]#[C-])cc3OC)C23CCCCC3)C52CCCCC2)s1. The maximum Gasteiger partial charge on any atom is 0.263 e. The van der Waals surface area contributed by atoms with Crippen molar-refractivity contribution in [2.24, 2.45) is 5.41 Å². The quantitative estimate of drug-likeness (QED) is 0.127. The summed E-state index contributed by atoms with van der Waals surface area (Å²) in [6.07, 6.45) is 17.9. The number of fused-ring (bicyclic) bond motifs is 9. The zero-order valence-electron chi connectivity index (χ0n) is 29.2. The molecule has 262 valence electrons. The third-order valence-electron chi connectivity index (χ3n) is 11.5. The molecule has 4 aliphatic rings. The summed E-state index contributed by atoms with van der Waals surface area (Å²) in [5, 5.41) is 18.9. The molecule has 0 amide bonds. The summed E-state index contributed by atoms with van der Waals surface area (Å²) in [4.78, 5) is 13.3. The van der Waals surface area contributed by atoms with Crippen LogP contribution < -0.4 is 9.47 Å². The molecule has 0 atom stereocenters. The molecular weight excluding hydrogens is 753 g/mol. The molecule has 4 aliphatic carbocycles. The molecule has 5 aromatic heterocycles. The van der Waals surface area contributed by atoms with E-state index < -0.39 is 0 Å². The van der Waals surface area contributed by atoms with Gasteiger partial charge < -0.3 is 9.47 Å². The molecule has 0 aromatic carbocycles. The van der Waals surface area contributed by atoms with Crippen LogP contribution in [0.2, 0.25) is 0 Å². The van der Waals surface area contributed by atoms with Crippen molar-refractivity contribution in [1.82, 2.24) is 0 Å². The molecule has 0 unspecified atom stereocenters. The second-order valence-corrected chi connectivity index (χ2v) is 19.4. The van der Waals surface area contributed by atoms with Crippen LogP contribution in [0.15, 0.2) is 41.2 Å². The van der Waals surface area contributed by atoms with Crippen LogP contribution in [-0.2, 0) is 5.41 Å². The fourth-order valence-electron chi connectivity index (χ4n) is 9.37. The van der Waals surface area contributed by atoms with E-state index in [1.807, 2.05) is 58.3 Å². The largest absolute Gasteiger partial charge is 0.495 e. The lowest BCUT2D eigenvalue weighted by Gasteiger charge is -2.38. The first-order chi connectivity index (χ1) is 25.9. The maximum absolute atomic E-state index is 9.51. The van der Waals surface area contributed by atoms with Crippen molar-refractivity contribution in [1.29, 1.82) is 10.5 Å². The van der Waals surface area contributed by atoms with E-state index in [0.717, 1.165) is 48.7 Å². The Kier molecular flexibility index (Phi) is 8.50. The maximum atomic E-state index is 9.51. The number of hydrogen-bond donors (Lipinski definition) is 0. The zero-order chi connectivity index (χ0) is 36.5. The summed E-state index contributed by atoms with van der Waals surface area (Å²) in [6, 6.07) is 10.3. The van der Waals surface area contributed by atoms with E-state index in [4.69, 9.17) is 22.6 Å². The average Bonchev–Trinajstić information content (AvgIpc) is 4.05. The van der Waals surface area contributed by atoms with Crippen LogP contribution >= 0.6 is 56.7 Å². The van der Waals surface area contributed by atoms with Gasteiger partial charge in [-0.1, -0.05) is 44.6 Å². The van der Waals surface area contributed by atoms with Gasteiger partial charge in [0.05, 0.1) is 68.2 Å². The third kappa shape index (κ3) is 5.06. The van der Waals surface area contributed by atoms with Crippen LogP contribution in [0.1, 0.15) is 89.3 Å².